The highest BCUT2D eigenvalue weighted by Gasteiger charge is 2.30. The van der Waals surface area contributed by atoms with E-state index in [1.54, 1.807) is 11.8 Å². The third kappa shape index (κ3) is 4.09. The molecule has 24 heavy (non-hydrogen) atoms. The number of rotatable bonds is 5. The third-order valence-electron chi connectivity index (χ3n) is 4.13. The summed E-state index contributed by atoms with van der Waals surface area (Å²) in [7, 11) is -3.25. The van der Waals surface area contributed by atoms with Crippen LogP contribution < -0.4 is 0 Å². The highest BCUT2D eigenvalue weighted by molar-refractivity contribution is 7.88. The van der Waals surface area contributed by atoms with Crippen molar-refractivity contribution in [2.45, 2.75) is 25.8 Å². The zero-order valence-electron chi connectivity index (χ0n) is 13.7. The summed E-state index contributed by atoms with van der Waals surface area (Å²) < 4.78 is 25.0. The van der Waals surface area contributed by atoms with Gasteiger partial charge in [-0.2, -0.15) is 4.31 Å². The van der Waals surface area contributed by atoms with Gasteiger partial charge in [-0.05, 0) is 25.0 Å². The molecule has 1 aromatic rings. The van der Waals surface area contributed by atoms with Gasteiger partial charge in [0.15, 0.2) is 0 Å². The fourth-order valence-electron chi connectivity index (χ4n) is 2.95. The van der Waals surface area contributed by atoms with Gasteiger partial charge in [0.1, 0.15) is 5.69 Å². The molecule has 1 amide bonds. The van der Waals surface area contributed by atoms with Crippen LogP contribution in [-0.4, -0.2) is 71.5 Å². The number of aromatic nitrogens is 1. The Morgan fingerprint density at radius 1 is 1.33 bits per heavy atom. The van der Waals surface area contributed by atoms with Crippen molar-refractivity contribution >= 4 is 21.9 Å². The van der Waals surface area contributed by atoms with Crippen LogP contribution in [0, 0.1) is 0 Å². The highest BCUT2D eigenvalue weighted by atomic mass is 32.2. The number of hydrogen-bond donors (Lipinski definition) is 1. The Morgan fingerprint density at radius 2 is 1.96 bits per heavy atom. The molecule has 132 valence electrons. The van der Waals surface area contributed by atoms with E-state index in [4.69, 9.17) is 5.11 Å². The molecule has 2 heterocycles. The maximum absolute atomic E-state index is 12.4. The minimum absolute atomic E-state index is 0.0958. The zero-order valence-corrected chi connectivity index (χ0v) is 14.5. The Morgan fingerprint density at radius 3 is 2.38 bits per heavy atom. The van der Waals surface area contributed by atoms with Crippen LogP contribution >= 0.6 is 0 Å². The van der Waals surface area contributed by atoms with Crippen molar-refractivity contribution in [1.82, 2.24) is 14.2 Å². The van der Waals surface area contributed by atoms with E-state index in [0.29, 0.717) is 38.0 Å². The monoisotopic (exact) mass is 355 g/mol. The number of nitrogens with zero attached hydrogens (tertiary/aromatic N) is 3. The maximum atomic E-state index is 12.4. The Labute approximate surface area is 141 Å². The maximum Gasteiger partial charge on any atom is 0.354 e. The first-order valence-electron chi connectivity index (χ1n) is 7.69. The van der Waals surface area contributed by atoms with Gasteiger partial charge in [0, 0.05) is 31.9 Å². The molecule has 1 aliphatic heterocycles. The first-order chi connectivity index (χ1) is 11.2. The number of carbonyl (C=O) groups excluding carboxylic acids is 1. The van der Waals surface area contributed by atoms with Crippen LogP contribution in [-0.2, 0) is 10.0 Å². The summed E-state index contributed by atoms with van der Waals surface area (Å²) in [4.78, 5) is 28.6. The quantitative estimate of drug-likeness (QED) is 0.831. The summed E-state index contributed by atoms with van der Waals surface area (Å²) >= 11 is 0. The lowest BCUT2D eigenvalue weighted by molar-refractivity contribution is 0.0668. The molecule has 0 spiro atoms. The minimum atomic E-state index is -3.25. The van der Waals surface area contributed by atoms with Crippen molar-refractivity contribution < 1.29 is 23.1 Å². The molecule has 2 rings (SSSR count). The van der Waals surface area contributed by atoms with Gasteiger partial charge in [-0.3, -0.25) is 4.79 Å². The Bertz CT molecular complexity index is 709. The molecular formula is C15H21N3O5S. The molecule has 0 saturated carbocycles. The van der Waals surface area contributed by atoms with Crippen LogP contribution in [0.4, 0.5) is 0 Å². The van der Waals surface area contributed by atoms with Crippen LogP contribution in [0.15, 0.2) is 18.3 Å². The Kier molecular flexibility index (Phi) is 5.55. The second-order valence-corrected chi connectivity index (χ2v) is 7.66. The second kappa shape index (κ2) is 7.27. The van der Waals surface area contributed by atoms with E-state index in [1.807, 2.05) is 0 Å². The molecule has 1 N–H and O–H groups in total. The summed E-state index contributed by atoms with van der Waals surface area (Å²) in [5, 5.41) is 8.82. The van der Waals surface area contributed by atoms with E-state index in [9.17, 15) is 18.0 Å². The van der Waals surface area contributed by atoms with Crippen molar-refractivity contribution in [3.63, 3.8) is 0 Å². The molecule has 1 aliphatic rings. The molecule has 0 aromatic carbocycles. The topological polar surface area (TPSA) is 108 Å². The van der Waals surface area contributed by atoms with Gasteiger partial charge < -0.3 is 10.0 Å². The number of sulfonamides is 1. The fraction of sp³-hybridized carbons (Fsp3) is 0.533. The van der Waals surface area contributed by atoms with Crippen LogP contribution in [0.2, 0.25) is 0 Å². The predicted octanol–water partition coefficient (Wildman–Crippen LogP) is 0.666. The Hall–Kier alpha value is -2.00. The summed E-state index contributed by atoms with van der Waals surface area (Å²) in [6.45, 7) is 3.12. The minimum Gasteiger partial charge on any atom is -0.477 e. The Balaban J connectivity index is 2.01. The number of carbonyl (C=O) groups is 2. The lowest BCUT2D eigenvalue weighted by atomic mass is 10.0. The number of piperidine rings is 1. The molecule has 9 heteroatoms. The zero-order chi connectivity index (χ0) is 17.9. The highest BCUT2D eigenvalue weighted by Crippen LogP contribution is 2.20. The average Bonchev–Trinajstić information content (AvgIpc) is 2.54. The van der Waals surface area contributed by atoms with Crippen LogP contribution in [0.5, 0.6) is 0 Å². The smallest absolute Gasteiger partial charge is 0.354 e. The second-order valence-electron chi connectivity index (χ2n) is 5.73. The molecule has 0 atom stereocenters. The molecular weight excluding hydrogens is 334 g/mol. The summed E-state index contributed by atoms with van der Waals surface area (Å²) in [5.41, 5.74) is 0.214. The molecule has 0 bridgehead atoms. The van der Waals surface area contributed by atoms with Gasteiger partial charge in [-0.15, -0.1) is 0 Å². The van der Waals surface area contributed by atoms with Crippen LogP contribution in [0.3, 0.4) is 0 Å². The van der Waals surface area contributed by atoms with Crippen molar-refractivity contribution in [2.75, 3.05) is 25.9 Å². The summed E-state index contributed by atoms with van der Waals surface area (Å²) in [5.74, 6) is -1.37. The van der Waals surface area contributed by atoms with Gasteiger partial charge in [0.25, 0.3) is 5.91 Å². The fourth-order valence-corrected chi connectivity index (χ4v) is 4.17. The molecule has 8 nitrogen and oxygen atoms in total. The van der Waals surface area contributed by atoms with E-state index < -0.39 is 16.0 Å². The summed E-state index contributed by atoms with van der Waals surface area (Å²) in [6, 6.07) is 2.64. The van der Waals surface area contributed by atoms with Gasteiger partial charge in [0.05, 0.1) is 11.8 Å². The van der Waals surface area contributed by atoms with Crippen molar-refractivity contribution in [3.8, 4) is 0 Å². The van der Waals surface area contributed by atoms with Gasteiger partial charge >= 0.3 is 5.97 Å². The van der Waals surface area contributed by atoms with Crippen molar-refractivity contribution in [2.24, 2.45) is 0 Å². The van der Waals surface area contributed by atoms with Crippen LogP contribution in [0.1, 0.15) is 40.6 Å². The number of carboxylic acid groups (broad SMARTS) is 1. The standard InChI is InChI=1S/C15H21N3O5S/c1-3-18(24(2,22)23)12-6-8-17(9-7-12)14(19)11-4-5-13(15(20)21)16-10-11/h4-5,10,12H,3,6-9H2,1-2H3,(H,20,21). The summed E-state index contributed by atoms with van der Waals surface area (Å²) in [6.07, 6.45) is 3.61. The molecule has 1 saturated heterocycles. The number of hydrogen-bond acceptors (Lipinski definition) is 5. The van der Waals surface area contributed by atoms with E-state index in [-0.39, 0.29) is 17.6 Å². The number of carboxylic acids is 1. The number of pyridine rings is 1. The van der Waals surface area contributed by atoms with Gasteiger partial charge in [-0.1, -0.05) is 6.92 Å². The number of aromatic carboxylic acids is 1. The molecule has 0 unspecified atom stereocenters. The van der Waals surface area contributed by atoms with Gasteiger partial charge in [-0.25, -0.2) is 18.2 Å². The SMILES string of the molecule is CCN(C1CCN(C(=O)c2ccc(C(=O)O)nc2)CC1)S(C)(=O)=O. The molecule has 1 aromatic heterocycles. The molecule has 0 aliphatic carbocycles. The third-order valence-corrected chi connectivity index (χ3v) is 5.53. The molecule has 1 fully saturated rings. The lowest BCUT2D eigenvalue weighted by Crippen LogP contribution is -2.48. The first-order valence-corrected chi connectivity index (χ1v) is 9.54. The van der Waals surface area contributed by atoms with E-state index >= 15 is 0 Å². The van der Waals surface area contributed by atoms with Crippen molar-refractivity contribution in [3.05, 3.63) is 29.6 Å². The number of likely N-dealkylation sites (tertiary alicyclic amines) is 1. The van der Waals surface area contributed by atoms with E-state index in [1.165, 1.54) is 28.9 Å². The molecule has 0 radical (unpaired) electrons. The number of amides is 1. The lowest BCUT2D eigenvalue weighted by Gasteiger charge is -2.36. The van der Waals surface area contributed by atoms with E-state index in [0.717, 1.165) is 0 Å². The van der Waals surface area contributed by atoms with E-state index in [2.05, 4.69) is 4.98 Å². The normalized spacial score (nSPS) is 16.4. The average molecular weight is 355 g/mol. The predicted molar refractivity (Wildman–Crippen MR) is 87.3 cm³/mol. The first kappa shape index (κ1) is 18.3. The largest absolute Gasteiger partial charge is 0.477 e. The van der Waals surface area contributed by atoms with Crippen LogP contribution in [0.25, 0.3) is 0 Å². The van der Waals surface area contributed by atoms with Gasteiger partial charge in [0.2, 0.25) is 10.0 Å². The van der Waals surface area contributed by atoms with Crippen molar-refractivity contribution in [1.29, 1.82) is 0 Å².